The monoisotopic (exact) mass is 375 g/mol. The summed E-state index contributed by atoms with van der Waals surface area (Å²) in [5.41, 5.74) is 1.11. The van der Waals surface area contributed by atoms with Crippen LogP contribution in [-0.2, 0) is 16.0 Å². The van der Waals surface area contributed by atoms with E-state index < -0.39 is 18.0 Å². The van der Waals surface area contributed by atoms with Crippen LogP contribution in [0.2, 0.25) is 0 Å². The van der Waals surface area contributed by atoms with Crippen LogP contribution in [0.3, 0.4) is 0 Å². The minimum Gasteiger partial charge on any atom is -0.497 e. The molecule has 7 heteroatoms. The first-order valence-corrected chi connectivity index (χ1v) is 8.39. The SMILES string of the molecule is COc1cc(OC)cc(C(=O)O[C@@H](C)C(=O)NCCc2ccc(F)cc2)c1. The summed E-state index contributed by atoms with van der Waals surface area (Å²) in [6.07, 6.45) is -0.428. The summed E-state index contributed by atoms with van der Waals surface area (Å²) >= 11 is 0. The van der Waals surface area contributed by atoms with E-state index in [-0.39, 0.29) is 11.4 Å². The second-order valence-electron chi connectivity index (χ2n) is 5.82. The van der Waals surface area contributed by atoms with Crippen LogP contribution in [0, 0.1) is 5.82 Å². The quantitative estimate of drug-likeness (QED) is 0.718. The Hall–Kier alpha value is -3.09. The molecule has 0 radical (unpaired) electrons. The second kappa shape index (κ2) is 9.56. The molecule has 0 aromatic heterocycles. The first-order chi connectivity index (χ1) is 12.9. The van der Waals surface area contributed by atoms with E-state index in [1.807, 2.05) is 0 Å². The molecule has 0 aliphatic heterocycles. The van der Waals surface area contributed by atoms with E-state index in [2.05, 4.69) is 5.32 Å². The zero-order chi connectivity index (χ0) is 19.8. The van der Waals surface area contributed by atoms with E-state index in [0.29, 0.717) is 24.5 Å². The van der Waals surface area contributed by atoms with E-state index >= 15 is 0 Å². The molecule has 144 valence electrons. The summed E-state index contributed by atoms with van der Waals surface area (Å²) in [5.74, 6) is -0.499. The highest BCUT2D eigenvalue weighted by molar-refractivity contribution is 5.93. The Morgan fingerprint density at radius 3 is 2.19 bits per heavy atom. The lowest BCUT2D eigenvalue weighted by molar-refractivity contribution is -0.129. The highest BCUT2D eigenvalue weighted by atomic mass is 19.1. The molecule has 2 aromatic carbocycles. The van der Waals surface area contributed by atoms with Gasteiger partial charge in [0.05, 0.1) is 19.8 Å². The molecule has 2 aromatic rings. The van der Waals surface area contributed by atoms with Crippen LogP contribution in [0.15, 0.2) is 42.5 Å². The van der Waals surface area contributed by atoms with Gasteiger partial charge in [0.2, 0.25) is 0 Å². The topological polar surface area (TPSA) is 73.9 Å². The van der Waals surface area contributed by atoms with Crippen LogP contribution in [0.4, 0.5) is 4.39 Å². The van der Waals surface area contributed by atoms with Crippen molar-refractivity contribution in [3.63, 3.8) is 0 Å². The number of rotatable bonds is 8. The van der Waals surface area contributed by atoms with Gasteiger partial charge in [-0.2, -0.15) is 0 Å². The summed E-state index contributed by atoms with van der Waals surface area (Å²) < 4.78 is 28.3. The maximum atomic E-state index is 12.9. The molecular formula is C20H22FNO5. The number of esters is 1. The third kappa shape index (κ3) is 5.99. The minimum atomic E-state index is -0.970. The van der Waals surface area contributed by atoms with Crippen molar-refractivity contribution in [2.75, 3.05) is 20.8 Å². The number of carbonyl (C=O) groups is 2. The second-order valence-corrected chi connectivity index (χ2v) is 5.82. The molecule has 0 saturated heterocycles. The molecule has 0 aliphatic rings. The molecule has 0 heterocycles. The van der Waals surface area contributed by atoms with E-state index in [4.69, 9.17) is 14.2 Å². The standard InChI is InChI=1S/C20H22FNO5/c1-13(19(23)22-9-8-14-4-6-16(21)7-5-14)27-20(24)15-10-17(25-2)12-18(11-15)26-3/h4-7,10-13H,8-9H2,1-3H3,(H,22,23)/t13-/m0/s1. The number of ether oxygens (including phenoxy) is 3. The van der Waals surface area contributed by atoms with Crippen molar-refractivity contribution in [3.8, 4) is 11.5 Å². The summed E-state index contributed by atoms with van der Waals surface area (Å²) in [4.78, 5) is 24.4. The zero-order valence-corrected chi connectivity index (χ0v) is 15.5. The summed E-state index contributed by atoms with van der Waals surface area (Å²) in [7, 11) is 2.95. The minimum absolute atomic E-state index is 0.220. The summed E-state index contributed by atoms with van der Waals surface area (Å²) in [6.45, 7) is 1.84. The van der Waals surface area contributed by atoms with Crippen molar-refractivity contribution in [2.24, 2.45) is 0 Å². The number of halogens is 1. The van der Waals surface area contributed by atoms with Crippen molar-refractivity contribution in [1.82, 2.24) is 5.32 Å². The predicted octanol–water partition coefficient (Wildman–Crippen LogP) is 2.75. The molecule has 0 aliphatic carbocycles. The van der Waals surface area contributed by atoms with E-state index in [1.165, 1.54) is 45.4 Å². The maximum absolute atomic E-state index is 12.9. The molecule has 2 rings (SSSR count). The summed E-state index contributed by atoms with van der Waals surface area (Å²) in [6, 6.07) is 10.7. The lowest BCUT2D eigenvalue weighted by atomic mass is 10.1. The number of hydrogen-bond donors (Lipinski definition) is 1. The van der Waals surface area contributed by atoms with Crippen molar-refractivity contribution in [3.05, 3.63) is 59.4 Å². The van der Waals surface area contributed by atoms with Crippen LogP contribution < -0.4 is 14.8 Å². The number of methoxy groups -OCH3 is 2. The molecule has 0 fully saturated rings. The lowest BCUT2D eigenvalue weighted by Gasteiger charge is -2.14. The molecule has 6 nitrogen and oxygen atoms in total. The first-order valence-electron chi connectivity index (χ1n) is 8.39. The summed E-state index contributed by atoms with van der Waals surface area (Å²) in [5, 5.41) is 2.69. The molecule has 0 unspecified atom stereocenters. The molecule has 0 saturated carbocycles. The Balaban J connectivity index is 1.87. The van der Waals surface area contributed by atoms with Crippen molar-refractivity contribution >= 4 is 11.9 Å². The average molecular weight is 375 g/mol. The number of carbonyl (C=O) groups excluding carboxylic acids is 2. The average Bonchev–Trinajstić information content (AvgIpc) is 2.68. The Labute approximate surface area is 157 Å². The normalized spacial score (nSPS) is 11.4. The lowest BCUT2D eigenvalue weighted by Crippen LogP contribution is -2.36. The van der Waals surface area contributed by atoms with Crippen molar-refractivity contribution in [1.29, 1.82) is 0 Å². The van der Waals surface area contributed by atoms with Gasteiger partial charge in [-0.15, -0.1) is 0 Å². The Kier molecular flexibility index (Phi) is 7.16. The first kappa shape index (κ1) is 20.2. The smallest absolute Gasteiger partial charge is 0.339 e. The fourth-order valence-corrected chi connectivity index (χ4v) is 2.33. The number of hydrogen-bond acceptors (Lipinski definition) is 5. The third-order valence-electron chi connectivity index (χ3n) is 3.87. The Morgan fingerprint density at radius 1 is 1.04 bits per heavy atom. The molecule has 1 atom stereocenters. The van der Waals surface area contributed by atoms with Gasteiger partial charge in [0.25, 0.3) is 5.91 Å². The van der Waals surface area contributed by atoms with Gasteiger partial charge in [0.1, 0.15) is 17.3 Å². The number of benzene rings is 2. The molecule has 27 heavy (non-hydrogen) atoms. The fraction of sp³-hybridized carbons (Fsp3) is 0.300. The van der Waals surface area contributed by atoms with Gasteiger partial charge in [-0.3, -0.25) is 4.79 Å². The third-order valence-corrected chi connectivity index (χ3v) is 3.87. The van der Waals surface area contributed by atoms with Crippen LogP contribution in [0.25, 0.3) is 0 Å². The zero-order valence-electron chi connectivity index (χ0n) is 15.5. The van der Waals surface area contributed by atoms with Gasteiger partial charge in [0.15, 0.2) is 6.10 Å². The van der Waals surface area contributed by atoms with Crippen LogP contribution in [0.5, 0.6) is 11.5 Å². The predicted molar refractivity (Wildman–Crippen MR) is 97.5 cm³/mol. The molecular weight excluding hydrogens is 353 g/mol. The van der Waals surface area contributed by atoms with Crippen molar-refractivity contribution in [2.45, 2.75) is 19.4 Å². The molecule has 1 N–H and O–H groups in total. The Morgan fingerprint density at radius 2 is 1.63 bits per heavy atom. The van der Waals surface area contributed by atoms with E-state index in [9.17, 15) is 14.0 Å². The largest absolute Gasteiger partial charge is 0.497 e. The molecule has 1 amide bonds. The van der Waals surface area contributed by atoms with E-state index in [0.717, 1.165) is 5.56 Å². The van der Waals surface area contributed by atoms with Gasteiger partial charge in [-0.25, -0.2) is 9.18 Å². The van der Waals surface area contributed by atoms with Gasteiger partial charge < -0.3 is 19.5 Å². The van der Waals surface area contributed by atoms with E-state index in [1.54, 1.807) is 18.2 Å². The van der Waals surface area contributed by atoms with Crippen LogP contribution in [-0.4, -0.2) is 38.7 Å². The number of nitrogens with one attached hydrogen (secondary N) is 1. The fourth-order valence-electron chi connectivity index (χ4n) is 2.33. The van der Waals surface area contributed by atoms with Gasteiger partial charge >= 0.3 is 5.97 Å². The van der Waals surface area contributed by atoms with Gasteiger partial charge in [-0.1, -0.05) is 12.1 Å². The number of amides is 1. The Bertz CT molecular complexity index is 769. The highest BCUT2D eigenvalue weighted by Gasteiger charge is 2.19. The van der Waals surface area contributed by atoms with Crippen LogP contribution >= 0.6 is 0 Å². The molecule has 0 bridgehead atoms. The van der Waals surface area contributed by atoms with Crippen molar-refractivity contribution < 1.29 is 28.2 Å². The maximum Gasteiger partial charge on any atom is 0.339 e. The molecule has 0 spiro atoms. The van der Waals surface area contributed by atoms with Gasteiger partial charge in [0, 0.05) is 12.6 Å². The highest BCUT2D eigenvalue weighted by Crippen LogP contribution is 2.23. The van der Waals surface area contributed by atoms with Crippen LogP contribution in [0.1, 0.15) is 22.8 Å². The van der Waals surface area contributed by atoms with Gasteiger partial charge in [-0.05, 0) is 43.2 Å².